The molecule has 1 aliphatic rings. The first kappa shape index (κ1) is 24.8. The number of nitrogens with one attached hydrogen (secondary N) is 2. The lowest BCUT2D eigenvalue weighted by Crippen LogP contribution is -2.62. The Morgan fingerprint density at radius 1 is 1.13 bits per heavy atom. The van der Waals surface area contributed by atoms with Gasteiger partial charge in [-0.1, -0.05) is 25.5 Å². The van der Waals surface area contributed by atoms with E-state index in [1.165, 1.54) is 7.05 Å². The molecule has 1 heterocycles. The van der Waals surface area contributed by atoms with E-state index in [-0.39, 0.29) is 27.9 Å². The van der Waals surface area contributed by atoms with Crippen LogP contribution in [0.25, 0.3) is 0 Å². The van der Waals surface area contributed by atoms with Crippen LogP contribution in [0.5, 0.6) is 0 Å². The number of carbonyl (C=O) groups is 1. The van der Waals surface area contributed by atoms with Crippen LogP contribution in [0.1, 0.15) is 72.3 Å². The van der Waals surface area contributed by atoms with Crippen molar-refractivity contribution in [3.8, 4) is 0 Å². The number of carbonyl (C=O) groups excluding carboxylic acids is 1. The van der Waals surface area contributed by atoms with E-state index in [0.717, 1.165) is 37.8 Å². The van der Waals surface area contributed by atoms with Crippen molar-refractivity contribution < 1.29 is 13.2 Å². The fourth-order valence-corrected chi connectivity index (χ4v) is 5.41. The molecule has 1 amide bonds. The van der Waals surface area contributed by atoms with Gasteiger partial charge in [-0.3, -0.25) is 4.79 Å². The molecule has 30 heavy (non-hydrogen) atoms. The molecule has 1 aromatic carbocycles. The molecular formula is C23H39N3O3S. The van der Waals surface area contributed by atoms with Crippen LogP contribution in [0, 0.1) is 0 Å². The van der Waals surface area contributed by atoms with E-state index in [1.54, 1.807) is 24.3 Å². The van der Waals surface area contributed by atoms with Crippen molar-refractivity contribution in [2.75, 3.05) is 13.6 Å². The number of hydrogen-bond acceptors (Lipinski definition) is 4. The van der Waals surface area contributed by atoms with Gasteiger partial charge in [0, 0.05) is 30.1 Å². The molecule has 0 aliphatic carbocycles. The minimum atomic E-state index is -3.44. The zero-order chi connectivity index (χ0) is 22.6. The second kappa shape index (κ2) is 9.79. The van der Waals surface area contributed by atoms with E-state index in [2.05, 4.69) is 49.6 Å². The first-order chi connectivity index (χ1) is 13.9. The number of aryl methyl sites for hydroxylation is 1. The van der Waals surface area contributed by atoms with Crippen molar-refractivity contribution in [2.45, 2.75) is 95.2 Å². The number of amides is 1. The number of benzene rings is 1. The maximum Gasteiger partial charge on any atom is 0.240 e. The summed E-state index contributed by atoms with van der Waals surface area (Å²) in [5.74, 6) is 0.189. The summed E-state index contributed by atoms with van der Waals surface area (Å²) in [6.07, 6.45) is 5.01. The van der Waals surface area contributed by atoms with E-state index in [9.17, 15) is 13.2 Å². The molecule has 0 spiro atoms. The Balaban J connectivity index is 2.08. The van der Waals surface area contributed by atoms with Crippen LogP contribution in [0.4, 0.5) is 0 Å². The third-order valence-corrected chi connectivity index (χ3v) is 7.24. The first-order valence-electron chi connectivity index (χ1n) is 11.0. The maximum absolute atomic E-state index is 13.2. The van der Waals surface area contributed by atoms with Crippen molar-refractivity contribution in [1.29, 1.82) is 0 Å². The zero-order valence-corrected chi connectivity index (χ0v) is 20.2. The lowest BCUT2D eigenvalue weighted by molar-refractivity contribution is -0.135. The number of hydrogen-bond donors (Lipinski definition) is 2. The second-order valence-corrected chi connectivity index (χ2v) is 11.6. The quantitative estimate of drug-likeness (QED) is 0.620. The molecule has 0 radical (unpaired) electrons. The zero-order valence-electron chi connectivity index (χ0n) is 19.4. The molecular weight excluding hydrogens is 398 g/mol. The summed E-state index contributed by atoms with van der Waals surface area (Å²) in [6, 6.07) is 7.02. The Morgan fingerprint density at radius 2 is 1.70 bits per heavy atom. The summed E-state index contributed by atoms with van der Waals surface area (Å²) in [5, 5.41) is 3.70. The summed E-state index contributed by atoms with van der Waals surface area (Å²) in [5.41, 5.74) is 0.956. The Labute approximate surface area is 182 Å². The van der Waals surface area contributed by atoms with Gasteiger partial charge in [-0.2, -0.15) is 0 Å². The molecule has 1 aromatic rings. The van der Waals surface area contributed by atoms with Gasteiger partial charge < -0.3 is 10.2 Å². The molecule has 7 heteroatoms. The van der Waals surface area contributed by atoms with Crippen LogP contribution in [0.15, 0.2) is 29.2 Å². The molecule has 2 N–H and O–H groups in total. The van der Waals surface area contributed by atoms with Gasteiger partial charge in [-0.05, 0) is 78.1 Å². The van der Waals surface area contributed by atoms with Gasteiger partial charge in [0.1, 0.15) is 0 Å². The van der Waals surface area contributed by atoms with E-state index in [4.69, 9.17) is 0 Å². The largest absolute Gasteiger partial charge is 0.340 e. The van der Waals surface area contributed by atoms with Gasteiger partial charge in [0.25, 0.3) is 0 Å². The van der Waals surface area contributed by atoms with Crippen LogP contribution >= 0.6 is 0 Å². The topological polar surface area (TPSA) is 78.5 Å². The van der Waals surface area contributed by atoms with Gasteiger partial charge in [0.15, 0.2) is 0 Å². The van der Waals surface area contributed by atoms with Gasteiger partial charge in [-0.15, -0.1) is 0 Å². The monoisotopic (exact) mass is 437 g/mol. The molecule has 0 unspecified atom stereocenters. The summed E-state index contributed by atoms with van der Waals surface area (Å²) >= 11 is 0. The molecule has 2 rings (SSSR count). The van der Waals surface area contributed by atoms with Gasteiger partial charge in [0.2, 0.25) is 15.9 Å². The molecule has 1 aliphatic heterocycles. The van der Waals surface area contributed by atoms with Gasteiger partial charge in [0.05, 0.1) is 4.90 Å². The fourth-order valence-electron chi connectivity index (χ4n) is 4.68. The van der Waals surface area contributed by atoms with Crippen LogP contribution in [0.2, 0.25) is 0 Å². The first-order valence-corrected chi connectivity index (χ1v) is 12.5. The molecule has 1 fully saturated rings. The fraction of sp³-hybridized carbons (Fsp3) is 0.696. The molecule has 6 nitrogen and oxygen atoms in total. The van der Waals surface area contributed by atoms with Crippen molar-refractivity contribution in [3.63, 3.8) is 0 Å². The van der Waals surface area contributed by atoms with E-state index in [1.807, 2.05) is 0 Å². The number of rotatable bonds is 9. The predicted molar refractivity (Wildman–Crippen MR) is 122 cm³/mol. The number of piperidine rings is 1. The second-order valence-electron chi connectivity index (χ2n) is 9.75. The van der Waals surface area contributed by atoms with Gasteiger partial charge >= 0.3 is 0 Å². The summed E-state index contributed by atoms with van der Waals surface area (Å²) in [4.78, 5) is 15.6. The summed E-state index contributed by atoms with van der Waals surface area (Å²) < 4.78 is 26.1. The van der Waals surface area contributed by atoms with Crippen molar-refractivity contribution in [2.24, 2.45) is 0 Å². The van der Waals surface area contributed by atoms with Crippen LogP contribution in [-0.4, -0.2) is 49.9 Å². The lowest BCUT2D eigenvalue weighted by Gasteiger charge is -2.49. The molecule has 1 saturated heterocycles. The summed E-state index contributed by atoms with van der Waals surface area (Å²) in [7, 11) is -2.04. The maximum atomic E-state index is 13.2. The highest BCUT2D eigenvalue weighted by Gasteiger charge is 2.40. The van der Waals surface area contributed by atoms with Crippen molar-refractivity contribution in [3.05, 3.63) is 29.8 Å². The minimum absolute atomic E-state index is 0.00814. The number of unbranched alkanes of at least 4 members (excludes halogenated alkanes) is 1. The highest BCUT2D eigenvalue weighted by atomic mass is 32.2. The Bertz CT molecular complexity index is 801. The van der Waals surface area contributed by atoms with Crippen molar-refractivity contribution >= 4 is 15.9 Å². The third kappa shape index (κ3) is 6.79. The third-order valence-electron chi connectivity index (χ3n) is 5.81. The highest BCUT2D eigenvalue weighted by molar-refractivity contribution is 7.89. The average molecular weight is 438 g/mol. The smallest absolute Gasteiger partial charge is 0.240 e. The Hall–Kier alpha value is -1.44. The highest BCUT2D eigenvalue weighted by Crippen LogP contribution is 2.32. The molecule has 0 saturated carbocycles. The van der Waals surface area contributed by atoms with Crippen LogP contribution in [0.3, 0.4) is 0 Å². The van der Waals surface area contributed by atoms with E-state index < -0.39 is 10.0 Å². The van der Waals surface area contributed by atoms with E-state index in [0.29, 0.717) is 12.8 Å². The predicted octanol–water partition coefficient (Wildman–Crippen LogP) is 3.47. The molecule has 170 valence electrons. The minimum Gasteiger partial charge on any atom is -0.340 e. The molecule has 0 bridgehead atoms. The molecule has 0 atom stereocenters. The SMILES string of the molecule is CCCCN(C(=O)CCc1ccc(S(=O)(=O)NC)cc1)C1CC(C)(C)NC(C)(C)C1. The standard InChI is InChI=1S/C23H39N3O3S/c1-7-8-15-26(19-16-22(2,3)25-23(4,5)17-19)21(27)14-11-18-9-12-20(13-10-18)30(28,29)24-6/h9-10,12-13,19,24-25H,7-8,11,14-17H2,1-6H3. The number of sulfonamides is 1. The average Bonchev–Trinajstić information content (AvgIpc) is 2.64. The summed E-state index contributed by atoms with van der Waals surface area (Å²) in [6.45, 7) is 11.8. The number of nitrogens with zero attached hydrogens (tertiary/aromatic N) is 1. The normalized spacial score (nSPS) is 18.9. The lowest BCUT2D eigenvalue weighted by atomic mass is 9.79. The Kier molecular flexibility index (Phi) is 8.10. The van der Waals surface area contributed by atoms with Crippen molar-refractivity contribution in [1.82, 2.24) is 14.9 Å². The van der Waals surface area contributed by atoms with Crippen LogP contribution < -0.4 is 10.0 Å². The van der Waals surface area contributed by atoms with E-state index >= 15 is 0 Å². The Morgan fingerprint density at radius 3 is 2.20 bits per heavy atom. The van der Waals surface area contributed by atoms with Gasteiger partial charge in [-0.25, -0.2) is 13.1 Å². The van der Waals surface area contributed by atoms with Crippen LogP contribution in [-0.2, 0) is 21.2 Å². The molecule has 0 aromatic heterocycles.